The molecule has 0 bridgehead atoms. The summed E-state index contributed by atoms with van der Waals surface area (Å²) >= 11 is 6.90. The van der Waals surface area contributed by atoms with Gasteiger partial charge < -0.3 is 39.6 Å². The third-order valence-electron chi connectivity index (χ3n) is 17.2. The maximum atomic E-state index is 4.95. The van der Waals surface area contributed by atoms with E-state index in [1.54, 1.807) is 45.3 Å². The Morgan fingerprint density at radius 3 is 1.15 bits per heavy atom. The standard InChI is InChI=1S/C22H13N3S.C20H15N3S.2C18H11N3S.4Ir/c1-2-9-17-15(7-1)16-8-3-5-11-19(16)24-14-25(23-22(17)24)20-13-26-21-12-6-4-10-18(20)21;1-13-11-19(14(2)24-13)23-12-22-18-10-6-5-8-16(18)15-7-3-4-9-17(15)20(22)21-23;1-2-8-15-13(6-1)14-7-3-4-9-16(14)20-12-21(19-18(15)20)17-10-5-11-22-17;1-2-7-16-14(5-1)15-6-3-4-8-17(15)20-12-21(19-18(16)20)13-9-10-22-11-13;;;;/h1-10,12-14H;3-9,11-12H,1-2H3;1-8,10-12H;1-7,9-12H;;;;/q4*-2;;;;. The van der Waals surface area contributed by atoms with Crippen LogP contribution >= 0.6 is 45.3 Å². The van der Waals surface area contributed by atoms with Crippen LogP contribution in [0.2, 0.25) is 0 Å². The molecule has 4 radical (unpaired) electrons. The number of thiophene rings is 4. The second-order valence-corrected chi connectivity index (χ2v) is 26.9. The van der Waals surface area contributed by atoms with Crippen LogP contribution in [0.1, 0.15) is 32.0 Å². The second kappa shape index (κ2) is 28.2. The number of para-hydroxylation sites is 4. The Labute approximate surface area is 638 Å². The number of anilines is 8. The largest absolute Gasteiger partial charge is 0.476 e. The minimum atomic E-state index is 0. The molecule has 8 aliphatic heterocycles. The van der Waals surface area contributed by atoms with Gasteiger partial charge in [0, 0.05) is 150 Å². The van der Waals surface area contributed by atoms with Crippen molar-refractivity contribution < 1.29 is 80.4 Å². The Kier molecular flexibility index (Phi) is 19.2. The van der Waals surface area contributed by atoms with Crippen molar-refractivity contribution in [1.29, 1.82) is 0 Å². The fourth-order valence-electron chi connectivity index (χ4n) is 13.0. The summed E-state index contributed by atoms with van der Waals surface area (Å²) in [6, 6.07) is 88.6. The fourth-order valence-corrected chi connectivity index (χ4v) is 16.1. The van der Waals surface area contributed by atoms with Crippen molar-refractivity contribution in [2.45, 2.75) is 13.8 Å². The maximum absolute atomic E-state index is 4.95. The smallest absolute Gasteiger partial charge is 0.127 e. The molecule has 0 saturated heterocycles. The van der Waals surface area contributed by atoms with Gasteiger partial charge >= 0.3 is 0 Å². The predicted molar refractivity (Wildman–Crippen MR) is 390 cm³/mol. The summed E-state index contributed by atoms with van der Waals surface area (Å²) in [4.78, 5) is 11.1. The zero-order valence-corrected chi connectivity index (χ0v) is 64.6. The third kappa shape index (κ3) is 11.7. The van der Waals surface area contributed by atoms with Gasteiger partial charge in [-0.05, 0) is 54.9 Å². The number of hydrazone groups is 4. The van der Waals surface area contributed by atoms with E-state index in [4.69, 9.17) is 20.4 Å². The summed E-state index contributed by atoms with van der Waals surface area (Å²) in [6.45, 7) is 12.5. The summed E-state index contributed by atoms with van der Waals surface area (Å²) in [5.41, 5.74) is 21.8. The van der Waals surface area contributed by atoms with Gasteiger partial charge in [-0.3, -0.25) is 0 Å². The molecular weight excluding hydrogens is 2000 g/mol. The Hall–Kier alpha value is -8.28. The van der Waals surface area contributed by atoms with Crippen LogP contribution in [0.5, 0.6) is 0 Å². The van der Waals surface area contributed by atoms with Crippen LogP contribution in [0.3, 0.4) is 0 Å². The van der Waals surface area contributed by atoms with Crippen molar-refractivity contribution in [2.75, 3.05) is 39.6 Å². The van der Waals surface area contributed by atoms with Crippen molar-refractivity contribution in [2.24, 2.45) is 20.4 Å². The van der Waals surface area contributed by atoms with E-state index in [-0.39, 0.29) is 80.4 Å². The van der Waals surface area contributed by atoms with E-state index >= 15 is 0 Å². The molecule has 0 spiro atoms. The van der Waals surface area contributed by atoms with E-state index in [9.17, 15) is 0 Å². The molecule has 12 heterocycles. The third-order valence-corrected chi connectivity index (χ3v) is 20.7. The molecular formula is C78H50Ir4N12S4-8. The van der Waals surface area contributed by atoms with Crippen LogP contribution in [-0.4, -0.2) is 23.3 Å². The molecule has 0 aliphatic carbocycles. The molecule has 0 N–H and O–H groups in total. The Bertz CT molecular complexity index is 5110. The van der Waals surface area contributed by atoms with Crippen molar-refractivity contribution in [3.05, 3.63) is 323 Å². The minimum absolute atomic E-state index is 0. The molecule has 12 nitrogen and oxygen atoms in total. The van der Waals surface area contributed by atoms with Crippen LogP contribution in [0.15, 0.2) is 260 Å². The number of rotatable bonds is 4. The molecule has 8 aliphatic rings. The monoisotopic (exact) mass is 2050 g/mol. The number of nitrogens with zero attached hydrogens (tertiary/aromatic N) is 12. The van der Waals surface area contributed by atoms with E-state index in [1.165, 1.54) is 64.3 Å². The second-order valence-electron chi connectivity index (χ2n) is 22.8. The van der Waals surface area contributed by atoms with Crippen LogP contribution in [0.25, 0.3) is 54.6 Å². The Morgan fingerprint density at radius 1 is 0.347 bits per heavy atom. The summed E-state index contributed by atoms with van der Waals surface area (Å²) < 4.78 is 1.27. The summed E-state index contributed by atoms with van der Waals surface area (Å²) in [6.07, 6.45) is 0. The van der Waals surface area contributed by atoms with Gasteiger partial charge in [-0.1, -0.05) is 160 Å². The zero-order valence-electron chi connectivity index (χ0n) is 51.7. The van der Waals surface area contributed by atoms with E-state index in [1.807, 2.05) is 88.0 Å². The van der Waals surface area contributed by atoms with Crippen LogP contribution in [0, 0.1) is 64.8 Å². The average molecular weight is 2050 g/mol. The molecule has 0 atom stereocenters. The molecule has 0 saturated carbocycles. The molecule has 0 unspecified atom stereocenters. The van der Waals surface area contributed by atoms with E-state index < -0.39 is 0 Å². The van der Waals surface area contributed by atoms with Gasteiger partial charge in [0.2, 0.25) is 0 Å². The van der Waals surface area contributed by atoms with Crippen molar-refractivity contribution in [3.8, 4) is 44.5 Å². The molecule has 13 aromatic rings. The van der Waals surface area contributed by atoms with Crippen molar-refractivity contribution in [3.63, 3.8) is 0 Å². The Balaban J connectivity index is 0.000000110. The molecule has 0 amide bonds. The first-order valence-corrected chi connectivity index (χ1v) is 34.1. The fraction of sp³-hybridized carbons (Fsp3) is 0.0256. The van der Waals surface area contributed by atoms with E-state index in [2.05, 4.69) is 256 Å². The van der Waals surface area contributed by atoms with Gasteiger partial charge in [0.15, 0.2) is 0 Å². The maximum Gasteiger partial charge on any atom is 0.127 e. The zero-order chi connectivity index (χ0) is 62.4. The first-order chi connectivity index (χ1) is 46.5. The summed E-state index contributed by atoms with van der Waals surface area (Å²) in [5.74, 6) is 3.82. The molecule has 9 aromatic carbocycles. The van der Waals surface area contributed by atoms with Crippen molar-refractivity contribution >= 4 is 124 Å². The van der Waals surface area contributed by atoms with Gasteiger partial charge in [-0.25, -0.2) is 0 Å². The molecule has 490 valence electrons. The quantitative estimate of drug-likeness (QED) is 0.161. The van der Waals surface area contributed by atoms with E-state index in [0.29, 0.717) is 0 Å². The normalized spacial score (nSPS) is 14.4. The van der Waals surface area contributed by atoms with Crippen molar-refractivity contribution in [1.82, 2.24) is 0 Å². The van der Waals surface area contributed by atoms with Crippen LogP contribution < -0.4 is 39.6 Å². The number of aryl methyl sites for hydroxylation is 2. The number of hydrogen-bond donors (Lipinski definition) is 0. The van der Waals surface area contributed by atoms with Crippen LogP contribution in [-0.2, 0) is 80.4 Å². The number of amidine groups is 4. The van der Waals surface area contributed by atoms with Gasteiger partial charge in [0.1, 0.15) is 23.3 Å². The molecule has 20 heteroatoms. The summed E-state index contributed by atoms with van der Waals surface area (Å²) in [5, 5.41) is 38.0. The predicted octanol–water partition coefficient (Wildman–Crippen LogP) is 19.1. The van der Waals surface area contributed by atoms with E-state index in [0.717, 1.165) is 90.4 Å². The van der Waals surface area contributed by atoms with Crippen LogP contribution in [0.4, 0.5) is 44.8 Å². The Morgan fingerprint density at radius 2 is 0.735 bits per heavy atom. The minimum Gasteiger partial charge on any atom is -0.476 e. The average Bonchev–Trinajstić information content (AvgIpc) is 1.53. The molecule has 21 rings (SSSR count). The molecule has 0 fully saturated rings. The number of hydrogen-bond acceptors (Lipinski definition) is 16. The molecule has 4 aromatic heterocycles. The molecule has 98 heavy (non-hydrogen) atoms. The van der Waals surface area contributed by atoms with Gasteiger partial charge in [0.05, 0.1) is 5.00 Å². The topological polar surface area (TPSA) is 75.4 Å². The first kappa shape index (κ1) is 66.9. The SMILES string of the molecule is Cc1cc(N2[CH-]N3C(=N2)c2ccccc2-c2ccc[c-]c23)c(C)s1.[Ir].[Ir].[Ir].[Ir].[c-]1cccc2c1N1[CH-]N(c3cccs3)N=C1c1ccccc1-2.[c-]1cccc2c1N1[CH-]N(c3ccsc3)N=C1c1ccccc1-2.[c-]1cccc2c1N1[CH-]N(c3csc4ccccc34)N=C1c1ccccc1-2. The van der Waals surface area contributed by atoms with Gasteiger partial charge in [-0.2, -0.15) is 129 Å². The van der Waals surface area contributed by atoms with Gasteiger partial charge in [-0.15, -0.1) is 82.9 Å². The summed E-state index contributed by atoms with van der Waals surface area (Å²) in [7, 11) is 0. The number of benzene rings is 9. The van der Waals surface area contributed by atoms with Gasteiger partial charge in [0.25, 0.3) is 0 Å². The first-order valence-electron chi connectivity index (χ1n) is 30.5. The number of fused-ring (bicyclic) bond motifs is 25.